The summed E-state index contributed by atoms with van der Waals surface area (Å²) in [4.78, 5) is 26.8. The minimum absolute atomic E-state index is 0.143. The highest BCUT2D eigenvalue weighted by atomic mass is 16.2. The Labute approximate surface area is 142 Å². The molecule has 0 aliphatic carbocycles. The minimum atomic E-state index is 0.143. The van der Waals surface area contributed by atoms with Crippen molar-refractivity contribution < 1.29 is 4.79 Å². The van der Waals surface area contributed by atoms with E-state index >= 15 is 0 Å². The van der Waals surface area contributed by atoms with Crippen molar-refractivity contribution in [2.24, 2.45) is 0 Å². The molecule has 1 aliphatic heterocycles. The van der Waals surface area contributed by atoms with Crippen molar-refractivity contribution in [1.29, 1.82) is 0 Å². The van der Waals surface area contributed by atoms with Crippen molar-refractivity contribution in [2.45, 2.75) is 39.5 Å². The van der Waals surface area contributed by atoms with Gasteiger partial charge in [-0.1, -0.05) is 0 Å². The summed E-state index contributed by atoms with van der Waals surface area (Å²) in [6, 6.07) is 5.96. The van der Waals surface area contributed by atoms with Crippen molar-refractivity contribution in [3.63, 3.8) is 0 Å². The highest BCUT2D eigenvalue weighted by molar-refractivity contribution is 5.73. The van der Waals surface area contributed by atoms with Crippen molar-refractivity contribution in [3.8, 4) is 0 Å². The summed E-state index contributed by atoms with van der Waals surface area (Å²) in [5, 5.41) is 3.19. The number of hydrogen-bond donors (Lipinski definition) is 1. The number of nitrogens with zero attached hydrogens (tertiary/aromatic N) is 4. The predicted octanol–water partition coefficient (Wildman–Crippen LogP) is 2.96. The van der Waals surface area contributed by atoms with E-state index in [1.54, 1.807) is 6.92 Å². The van der Waals surface area contributed by atoms with Crippen LogP contribution in [0.1, 0.15) is 42.8 Å². The van der Waals surface area contributed by atoms with Gasteiger partial charge in [-0.15, -0.1) is 0 Å². The standard InChI is InChI=1S/C18H23N5O/c1-12-9-13(2)21-18(20-12)22-16-6-7-17(19-10-16)15-5-4-8-23(11-15)14(3)24/h6-7,9-10,15H,4-5,8,11H2,1-3H3,(H,20,21,22). The molecule has 1 aliphatic rings. The van der Waals surface area contributed by atoms with E-state index in [1.165, 1.54) is 0 Å². The molecular formula is C18H23N5O. The second-order valence-corrected chi connectivity index (χ2v) is 6.38. The number of amides is 1. The van der Waals surface area contributed by atoms with Gasteiger partial charge in [0.1, 0.15) is 0 Å². The number of hydrogen-bond acceptors (Lipinski definition) is 5. The molecule has 1 unspecified atom stereocenters. The Hall–Kier alpha value is -2.50. The van der Waals surface area contributed by atoms with Crippen LogP contribution in [0, 0.1) is 13.8 Å². The molecule has 1 N–H and O–H groups in total. The van der Waals surface area contributed by atoms with Crippen molar-refractivity contribution in [1.82, 2.24) is 19.9 Å². The van der Waals surface area contributed by atoms with Crippen molar-refractivity contribution in [2.75, 3.05) is 18.4 Å². The predicted molar refractivity (Wildman–Crippen MR) is 93.3 cm³/mol. The normalized spacial score (nSPS) is 17.6. The molecular weight excluding hydrogens is 302 g/mol. The highest BCUT2D eigenvalue weighted by Crippen LogP contribution is 2.26. The van der Waals surface area contributed by atoms with Gasteiger partial charge < -0.3 is 10.2 Å². The van der Waals surface area contributed by atoms with E-state index in [-0.39, 0.29) is 5.91 Å². The topological polar surface area (TPSA) is 71.0 Å². The Morgan fingerprint density at radius 1 is 1.25 bits per heavy atom. The van der Waals surface area contributed by atoms with Crippen LogP contribution in [-0.4, -0.2) is 38.8 Å². The van der Waals surface area contributed by atoms with E-state index in [2.05, 4.69) is 20.3 Å². The molecule has 0 bridgehead atoms. The maximum Gasteiger partial charge on any atom is 0.227 e. The molecule has 0 radical (unpaired) electrons. The lowest BCUT2D eigenvalue weighted by Crippen LogP contribution is -2.37. The van der Waals surface area contributed by atoms with Crippen LogP contribution in [0.2, 0.25) is 0 Å². The zero-order chi connectivity index (χ0) is 17.1. The number of aromatic nitrogens is 3. The number of pyridine rings is 1. The summed E-state index contributed by atoms with van der Waals surface area (Å²) in [5.41, 5.74) is 3.76. The third kappa shape index (κ3) is 3.88. The third-order valence-corrected chi connectivity index (χ3v) is 4.31. The molecule has 1 amide bonds. The average Bonchev–Trinajstić information content (AvgIpc) is 2.54. The number of carbonyl (C=O) groups is 1. The summed E-state index contributed by atoms with van der Waals surface area (Å²) in [6.45, 7) is 7.15. The van der Waals surface area contributed by atoms with Gasteiger partial charge in [-0.2, -0.15) is 0 Å². The summed E-state index contributed by atoms with van der Waals surface area (Å²) >= 11 is 0. The monoisotopic (exact) mass is 325 g/mol. The third-order valence-electron chi connectivity index (χ3n) is 4.31. The smallest absolute Gasteiger partial charge is 0.227 e. The number of anilines is 2. The Balaban J connectivity index is 1.70. The fourth-order valence-electron chi connectivity index (χ4n) is 3.14. The van der Waals surface area contributed by atoms with Crippen LogP contribution in [0.4, 0.5) is 11.6 Å². The van der Waals surface area contributed by atoms with E-state index in [9.17, 15) is 4.79 Å². The first-order chi connectivity index (χ1) is 11.5. The van der Waals surface area contributed by atoms with E-state index in [0.29, 0.717) is 11.9 Å². The van der Waals surface area contributed by atoms with Gasteiger partial charge in [0.15, 0.2) is 0 Å². The molecule has 2 aromatic rings. The van der Waals surface area contributed by atoms with Gasteiger partial charge in [-0.25, -0.2) is 9.97 Å². The van der Waals surface area contributed by atoms with Gasteiger partial charge in [-0.3, -0.25) is 9.78 Å². The number of nitrogens with one attached hydrogen (secondary N) is 1. The van der Waals surface area contributed by atoms with E-state index in [1.807, 2.05) is 43.1 Å². The fourth-order valence-corrected chi connectivity index (χ4v) is 3.14. The van der Waals surface area contributed by atoms with E-state index < -0.39 is 0 Å². The van der Waals surface area contributed by atoms with Crippen LogP contribution in [0.3, 0.4) is 0 Å². The molecule has 3 rings (SSSR count). The fraction of sp³-hybridized carbons (Fsp3) is 0.444. The zero-order valence-corrected chi connectivity index (χ0v) is 14.4. The largest absolute Gasteiger partial charge is 0.342 e. The van der Waals surface area contributed by atoms with Gasteiger partial charge in [0.05, 0.1) is 11.9 Å². The van der Waals surface area contributed by atoms with Gasteiger partial charge in [0.2, 0.25) is 11.9 Å². The van der Waals surface area contributed by atoms with Crippen LogP contribution >= 0.6 is 0 Å². The van der Waals surface area contributed by atoms with Crippen LogP contribution < -0.4 is 5.32 Å². The molecule has 3 heterocycles. The van der Waals surface area contributed by atoms with Crippen LogP contribution in [0.15, 0.2) is 24.4 Å². The molecule has 1 fully saturated rings. The van der Waals surface area contributed by atoms with E-state index in [0.717, 1.165) is 48.7 Å². The van der Waals surface area contributed by atoms with Crippen LogP contribution in [0.5, 0.6) is 0 Å². The van der Waals surface area contributed by atoms with Gasteiger partial charge >= 0.3 is 0 Å². The number of carbonyl (C=O) groups excluding carboxylic acids is 1. The first-order valence-corrected chi connectivity index (χ1v) is 8.32. The Morgan fingerprint density at radius 3 is 2.62 bits per heavy atom. The molecule has 24 heavy (non-hydrogen) atoms. The summed E-state index contributed by atoms with van der Waals surface area (Å²) in [6.07, 6.45) is 3.91. The molecule has 1 saturated heterocycles. The lowest BCUT2D eigenvalue weighted by molar-refractivity contribution is -0.130. The molecule has 0 spiro atoms. The molecule has 6 nitrogen and oxygen atoms in total. The second-order valence-electron chi connectivity index (χ2n) is 6.38. The quantitative estimate of drug-likeness (QED) is 0.939. The van der Waals surface area contributed by atoms with Gasteiger partial charge in [-0.05, 0) is 44.9 Å². The highest BCUT2D eigenvalue weighted by Gasteiger charge is 2.23. The molecule has 6 heteroatoms. The lowest BCUT2D eigenvalue weighted by atomic mass is 9.94. The second kappa shape index (κ2) is 6.95. The molecule has 1 atom stereocenters. The summed E-state index contributed by atoms with van der Waals surface area (Å²) in [7, 11) is 0. The number of likely N-dealkylation sites (tertiary alicyclic amines) is 1. The first-order valence-electron chi connectivity index (χ1n) is 8.32. The van der Waals surface area contributed by atoms with Crippen molar-refractivity contribution in [3.05, 3.63) is 41.5 Å². The molecule has 126 valence electrons. The van der Waals surface area contributed by atoms with E-state index in [4.69, 9.17) is 0 Å². The van der Waals surface area contributed by atoms with Gasteiger partial charge in [0.25, 0.3) is 0 Å². The molecule has 0 saturated carbocycles. The summed E-state index contributed by atoms with van der Waals surface area (Å²) < 4.78 is 0. The average molecular weight is 325 g/mol. The summed E-state index contributed by atoms with van der Waals surface area (Å²) in [5.74, 6) is 1.04. The van der Waals surface area contributed by atoms with Crippen molar-refractivity contribution >= 4 is 17.5 Å². The molecule has 2 aromatic heterocycles. The number of piperidine rings is 1. The Bertz CT molecular complexity index is 708. The van der Waals surface area contributed by atoms with Crippen LogP contribution in [0.25, 0.3) is 0 Å². The molecule has 0 aromatic carbocycles. The maximum absolute atomic E-state index is 11.6. The maximum atomic E-state index is 11.6. The minimum Gasteiger partial charge on any atom is -0.342 e. The number of aryl methyl sites for hydroxylation is 2. The number of rotatable bonds is 3. The first kappa shape index (κ1) is 16.4. The Morgan fingerprint density at radius 2 is 2.00 bits per heavy atom. The SMILES string of the molecule is CC(=O)N1CCCC(c2ccc(Nc3nc(C)cc(C)n3)cn2)C1. The zero-order valence-electron chi connectivity index (χ0n) is 14.4. The lowest BCUT2D eigenvalue weighted by Gasteiger charge is -2.31. The Kier molecular flexibility index (Phi) is 4.74. The van der Waals surface area contributed by atoms with Gasteiger partial charge in [0, 0.05) is 43.0 Å². The van der Waals surface area contributed by atoms with Crippen LogP contribution in [-0.2, 0) is 4.79 Å².